The van der Waals surface area contributed by atoms with Crippen molar-refractivity contribution in [1.29, 1.82) is 0 Å². The lowest BCUT2D eigenvalue weighted by Crippen LogP contribution is -2.06. The Labute approximate surface area is 141 Å². The number of hydrogen-bond acceptors (Lipinski definition) is 1. The fourth-order valence-corrected chi connectivity index (χ4v) is 2.59. The minimum atomic E-state index is -0.496. The van der Waals surface area contributed by atoms with Gasteiger partial charge in [0.1, 0.15) is 5.38 Å². The van der Waals surface area contributed by atoms with Crippen molar-refractivity contribution in [3.63, 3.8) is 0 Å². The van der Waals surface area contributed by atoms with Crippen molar-refractivity contribution < 1.29 is 4.79 Å². The van der Waals surface area contributed by atoms with Gasteiger partial charge in [0.05, 0.1) is 0 Å². The topological polar surface area (TPSA) is 17.1 Å². The van der Waals surface area contributed by atoms with Crippen molar-refractivity contribution in [2.75, 3.05) is 0 Å². The van der Waals surface area contributed by atoms with Crippen molar-refractivity contribution >= 4 is 28.4 Å². The highest BCUT2D eigenvalue weighted by Crippen LogP contribution is 2.13. The highest BCUT2D eigenvalue weighted by molar-refractivity contribution is 6.69. The Hall–Kier alpha value is -0.0100. The van der Waals surface area contributed by atoms with Crippen LogP contribution in [0.2, 0.25) is 0 Å². The van der Waals surface area contributed by atoms with E-state index in [1.807, 2.05) is 0 Å². The highest BCUT2D eigenvalue weighted by Gasteiger charge is 2.10. The molecular formula is C18H32Cl2O. The summed E-state index contributed by atoms with van der Waals surface area (Å²) >= 11 is 11.1. The molecule has 0 aliphatic carbocycles. The molecule has 0 rings (SSSR count). The zero-order chi connectivity index (χ0) is 15.8. The second kappa shape index (κ2) is 16.4. The predicted octanol–water partition coefficient (Wildman–Crippen LogP) is 7.01. The van der Waals surface area contributed by atoms with E-state index in [1.165, 1.54) is 64.2 Å². The summed E-state index contributed by atoms with van der Waals surface area (Å²) in [6.07, 6.45) is 20.6. The van der Waals surface area contributed by atoms with Gasteiger partial charge in [-0.3, -0.25) is 4.79 Å². The van der Waals surface area contributed by atoms with Gasteiger partial charge in [-0.05, 0) is 43.7 Å². The molecule has 0 fully saturated rings. The molecule has 1 unspecified atom stereocenters. The van der Waals surface area contributed by atoms with E-state index in [1.54, 1.807) is 0 Å². The molecule has 0 aliphatic rings. The summed E-state index contributed by atoms with van der Waals surface area (Å²) in [5.74, 6) is 0. The Balaban J connectivity index is 3.17. The summed E-state index contributed by atoms with van der Waals surface area (Å²) in [5, 5.41) is -0.918. The molecule has 0 aromatic rings. The summed E-state index contributed by atoms with van der Waals surface area (Å²) in [6.45, 7) is 2.26. The smallest absolute Gasteiger partial charge is 0.239 e. The first kappa shape index (κ1) is 21.0. The second-order valence-electron chi connectivity index (χ2n) is 5.79. The van der Waals surface area contributed by atoms with Crippen LogP contribution in [0, 0.1) is 0 Å². The third-order valence-electron chi connectivity index (χ3n) is 3.72. The molecule has 3 heteroatoms. The standard InChI is InChI=1S/C18H32Cl2O/c1-2-3-4-5-6-7-8-9-10-11-12-13-14-15-16-17(19)18(20)21/h9-10,17H,2-8,11-16H2,1H3/b10-9-. The molecule has 0 heterocycles. The van der Waals surface area contributed by atoms with Crippen LogP contribution in [-0.4, -0.2) is 10.6 Å². The van der Waals surface area contributed by atoms with Gasteiger partial charge < -0.3 is 0 Å². The Kier molecular flexibility index (Phi) is 16.4. The SMILES string of the molecule is CCCCCCCC/C=C\CCCCCCC(Cl)C(=O)Cl. The summed E-state index contributed by atoms with van der Waals surface area (Å²) in [4.78, 5) is 10.7. The van der Waals surface area contributed by atoms with Gasteiger partial charge in [0, 0.05) is 0 Å². The number of carbonyl (C=O) groups excluding carboxylic acids is 1. The second-order valence-corrected chi connectivity index (χ2v) is 6.69. The van der Waals surface area contributed by atoms with Crippen LogP contribution in [0.5, 0.6) is 0 Å². The molecule has 0 saturated carbocycles. The number of allylic oxidation sites excluding steroid dienone is 2. The third kappa shape index (κ3) is 16.2. The lowest BCUT2D eigenvalue weighted by atomic mass is 10.1. The summed E-state index contributed by atoms with van der Waals surface area (Å²) in [6, 6.07) is 0. The number of unbranched alkanes of at least 4 members (excludes halogenated alkanes) is 10. The molecule has 0 N–H and O–H groups in total. The van der Waals surface area contributed by atoms with E-state index >= 15 is 0 Å². The van der Waals surface area contributed by atoms with E-state index in [9.17, 15) is 4.79 Å². The third-order valence-corrected chi connectivity index (χ3v) is 4.51. The van der Waals surface area contributed by atoms with Crippen LogP contribution in [0.25, 0.3) is 0 Å². The number of hydrogen-bond donors (Lipinski definition) is 0. The van der Waals surface area contributed by atoms with E-state index < -0.39 is 10.6 Å². The molecule has 0 radical (unpaired) electrons. The maximum Gasteiger partial charge on any atom is 0.239 e. The normalized spacial score (nSPS) is 12.9. The van der Waals surface area contributed by atoms with Crippen LogP contribution >= 0.6 is 23.2 Å². The molecule has 0 aliphatic heterocycles. The van der Waals surface area contributed by atoms with Crippen LogP contribution in [0.1, 0.15) is 90.4 Å². The van der Waals surface area contributed by atoms with Crippen LogP contribution in [0.3, 0.4) is 0 Å². The number of halogens is 2. The van der Waals surface area contributed by atoms with Gasteiger partial charge in [-0.25, -0.2) is 0 Å². The number of rotatable bonds is 15. The highest BCUT2D eigenvalue weighted by atomic mass is 35.5. The average Bonchev–Trinajstić information content (AvgIpc) is 2.47. The van der Waals surface area contributed by atoms with Gasteiger partial charge in [-0.2, -0.15) is 0 Å². The molecule has 0 spiro atoms. The number of carbonyl (C=O) groups is 1. The van der Waals surface area contributed by atoms with Crippen molar-refractivity contribution in [2.24, 2.45) is 0 Å². The Morgan fingerprint density at radius 3 is 1.86 bits per heavy atom. The fraction of sp³-hybridized carbons (Fsp3) is 0.833. The van der Waals surface area contributed by atoms with Gasteiger partial charge in [0.25, 0.3) is 0 Å². The molecule has 1 nitrogen and oxygen atoms in total. The van der Waals surface area contributed by atoms with Crippen LogP contribution in [0.4, 0.5) is 0 Å². The lowest BCUT2D eigenvalue weighted by molar-refractivity contribution is -0.111. The van der Waals surface area contributed by atoms with E-state index in [0.717, 1.165) is 12.8 Å². The van der Waals surface area contributed by atoms with Crippen LogP contribution < -0.4 is 0 Å². The summed E-state index contributed by atoms with van der Waals surface area (Å²) in [7, 11) is 0. The maximum atomic E-state index is 10.7. The fourth-order valence-electron chi connectivity index (χ4n) is 2.33. The molecule has 21 heavy (non-hydrogen) atoms. The zero-order valence-electron chi connectivity index (χ0n) is 13.6. The van der Waals surface area contributed by atoms with E-state index in [0.29, 0.717) is 6.42 Å². The zero-order valence-corrected chi connectivity index (χ0v) is 15.1. The molecule has 124 valence electrons. The molecule has 0 amide bonds. The van der Waals surface area contributed by atoms with Crippen LogP contribution in [-0.2, 0) is 4.79 Å². The van der Waals surface area contributed by atoms with Crippen molar-refractivity contribution in [2.45, 2.75) is 95.8 Å². The largest absolute Gasteiger partial charge is 0.280 e. The summed E-state index contributed by atoms with van der Waals surface area (Å²) < 4.78 is 0. The predicted molar refractivity (Wildman–Crippen MR) is 95.3 cm³/mol. The Bertz CT molecular complexity index is 264. The van der Waals surface area contributed by atoms with E-state index in [4.69, 9.17) is 23.2 Å². The van der Waals surface area contributed by atoms with E-state index in [-0.39, 0.29) is 0 Å². The Morgan fingerprint density at radius 2 is 1.33 bits per heavy atom. The monoisotopic (exact) mass is 334 g/mol. The molecular weight excluding hydrogens is 303 g/mol. The molecule has 1 atom stereocenters. The maximum absolute atomic E-state index is 10.7. The lowest BCUT2D eigenvalue weighted by Gasteiger charge is -2.03. The molecule has 0 bridgehead atoms. The summed E-state index contributed by atoms with van der Waals surface area (Å²) in [5.41, 5.74) is 0. The van der Waals surface area contributed by atoms with Gasteiger partial charge in [0.15, 0.2) is 0 Å². The first-order chi connectivity index (χ1) is 10.2. The van der Waals surface area contributed by atoms with Crippen molar-refractivity contribution in [3.05, 3.63) is 12.2 Å². The quantitative estimate of drug-likeness (QED) is 0.136. The van der Waals surface area contributed by atoms with Gasteiger partial charge in [-0.1, -0.05) is 70.4 Å². The minimum absolute atomic E-state index is 0.422. The molecule has 0 aromatic carbocycles. The van der Waals surface area contributed by atoms with Crippen molar-refractivity contribution in [1.82, 2.24) is 0 Å². The van der Waals surface area contributed by atoms with Gasteiger partial charge in [-0.15, -0.1) is 11.6 Å². The van der Waals surface area contributed by atoms with Gasteiger partial charge >= 0.3 is 0 Å². The van der Waals surface area contributed by atoms with Crippen LogP contribution in [0.15, 0.2) is 12.2 Å². The molecule has 0 aromatic heterocycles. The minimum Gasteiger partial charge on any atom is -0.280 e. The molecule has 0 saturated heterocycles. The number of alkyl halides is 1. The first-order valence-electron chi connectivity index (χ1n) is 8.67. The van der Waals surface area contributed by atoms with Gasteiger partial charge in [0.2, 0.25) is 5.24 Å². The Morgan fingerprint density at radius 1 is 0.857 bits per heavy atom. The first-order valence-corrected chi connectivity index (χ1v) is 9.48. The van der Waals surface area contributed by atoms with E-state index in [2.05, 4.69) is 19.1 Å². The van der Waals surface area contributed by atoms with Crippen molar-refractivity contribution in [3.8, 4) is 0 Å². The average molecular weight is 335 g/mol.